The van der Waals surface area contributed by atoms with Gasteiger partial charge in [0.25, 0.3) is 11.8 Å². The van der Waals surface area contributed by atoms with Crippen molar-refractivity contribution in [3.8, 4) is 11.5 Å². The van der Waals surface area contributed by atoms with E-state index < -0.39 is 23.6 Å². The number of hydrogen-bond donors (Lipinski definition) is 0. The molecular formula is C29H23BrN2O5. The van der Waals surface area contributed by atoms with Crippen LogP contribution >= 0.6 is 15.9 Å². The van der Waals surface area contributed by atoms with Crippen molar-refractivity contribution in [2.75, 3.05) is 16.9 Å². The number of rotatable bonds is 3. The average Bonchev–Trinajstić information content (AvgIpc) is 3.34. The normalized spacial score (nSPS) is 23.9. The predicted molar refractivity (Wildman–Crippen MR) is 142 cm³/mol. The molecule has 0 bridgehead atoms. The second kappa shape index (κ2) is 8.31. The Morgan fingerprint density at radius 3 is 2.35 bits per heavy atom. The summed E-state index contributed by atoms with van der Waals surface area (Å²) in [6.07, 6.45) is 2.00. The summed E-state index contributed by atoms with van der Waals surface area (Å²) in [4.78, 5) is 45.2. The van der Waals surface area contributed by atoms with Crippen LogP contribution in [0.2, 0.25) is 0 Å². The maximum atomic E-state index is 14.6. The third-order valence-electron chi connectivity index (χ3n) is 7.39. The first kappa shape index (κ1) is 23.5. The monoisotopic (exact) mass is 558 g/mol. The molecule has 3 aliphatic rings. The summed E-state index contributed by atoms with van der Waals surface area (Å²) in [6, 6.07) is 17.9. The lowest BCUT2D eigenvalue weighted by molar-refractivity contribution is -0.123. The Morgan fingerprint density at radius 1 is 0.973 bits per heavy atom. The van der Waals surface area contributed by atoms with E-state index in [-0.39, 0.29) is 11.7 Å². The summed E-state index contributed by atoms with van der Waals surface area (Å²) in [5.41, 5.74) is 1.67. The fourth-order valence-corrected chi connectivity index (χ4v) is 6.14. The lowest BCUT2D eigenvalue weighted by Crippen LogP contribution is -2.58. The number of para-hydroxylation sites is 1. The van der Waals surface area contributed by atoms with E-state index >= 15 is 0 Å². The standard InChI is InChI=1S/C29H23BrN2O5/c1-16-5-4-6-17(2)25(16)31-27-24(26(34)21-15-18(30)7-12-22(21)37-27)29(28(31)35)14-13-23(33)32(29)19-8-10-20(36-3)11-9-19/h4-15,24,27H,1-3H3. The minimum Gasteiger partial charge on any atom is -0.497 e. The van der Waals surface area contributed by atoms with Crippen molar-refractivity contribution in [3.63, 3.8) is 0 Å². The Kier molecular flexibility index (Phi) is 5.28. The third-order valence-corrected chi connectivity index (χ3v) is 7.89. The molecule has 0 N–H and O–H groups in total. The number of ether oxygens (including phenoxy) is 2. The highest BCUT2D eigenvalue weighted by molar-refractivity contribution is 9.10. The number of methoxy groups -OCH3 is 1. The van der Waals surface area contributed by atoms with Crippen LogP contribution < -0.4 is 19.3 Å². The summed E-state index contributed by atoms with van der Waals surface area (Å²) in [5.74, 6) is -1.01. The van der Waals surface area contributed by atoms with Crippen molar-refractivity contribution in [2.24, 2.45) is 5.92 Å². The van der Waals surface area contributed by atoms with E-state index in [1.54, 1.807) is 60.6 Å². The number of amides is 2. The van der Waals surface area contributed by atoms with Crippen LogP contribution in [0.25, 0.3) is 0 Å². The van der Waals surface area contributed by atoms with E-state index in [4.69, 9.17) is 9.47 Å². The quantitative estimate of drug-likeness (QED) is 0.453. The molecule has 3 heterocycles. The fourth-order valence-electron chi connectivity index (χ4n) is 5.78. The van der Waals surface area contributed by atoms with E-state index in [9.17, 15) is 14.4 Å². The first-order chi connectivity index (χ1) is 17.8. The van der Waals surface area contributed by atoms with Crippen molar-refractivity contribution in [1.82, 2.24) is 0 Å². The van der Waals surface area contributed by atoms with Gasteiger partial charge in [0.2, 0.25) is 0 Å². The molecule has 3 unspecified atom stereocenters. The van der Waals surface area contributed by atoms with Crippen LogP contribution in [0.5, 0.6) is 11.5 Å². The second-order valence-corrected chi connectivity index (χ2v) is 10.4. The van der Waals surface area contributed by atoms with Crippen LogP contribution in [0.3, 0.4) is 0 Å². The van der Waals surface area contributed by atoms with Crippen molar-refractivity contribution in [1.29, 1.82) is 0 Å². The summed E-state index contributed by atoms with van der Waals surface area (Å²) in [6.45, 7) is 3.84. The Balaban J connectivity index is 1.60. The molecule has 3 atom stereocenters. The molecule has 0 aliphatic carbocycles. The summed E-state index contributed by atoms with van der Waals surface area (Å²) >= 11 is 3.44. The number of carbonyl (C=O) groups is 3. The van der Waals surface area contributed by atoms with E-state index in [1.807, 2.05) is 32.0 Å². The van der Waals surface area contributed by atoms with E-state index in [2.05, 4.69) is 15.9 Å². The topological polar surface area (TPSA) is 76.2 Å². The third kappa shape index (κ3) is 3.21. The fraction of sp³-hybridized carbons (Fsp3) is 0.207. The van der Waals surface area contributed by atoms with Gasteiger partial charge in [0, 0.05) is 16.2 Å². The van der Waals surface area contributed by atoms with Crippen molar-refractivity contribution in [2.45, 2.75) is 25.6 Å². The average molecular weight is 559 g/mol. The van der Waals surface area contributed by atoms with Crippen LogP contribution in [0, 0.1) is 19.8 Å². The number of halogens is 1. The molecule has 7 nitrogen and oxygen atoms in total. The molecule has 3 aliphatic heterocycles. The summed E-state index contributed by atoms with van der Waals surface area (Å²) in [5, 5.41) is 0. The number of anilines is 2. The van der Waals surface area contributed by atoms with Crippen LogP contribution in [0.1, 0.15) is 21.5 Å². The van der Waals surface area contributed by atoms with Gasteiger partial charge in [-0.3, -0.25) is 24.2 Å². The first-order valence-corrected chi connectivity index (χ1v) is 12.6. The number of fused-ring (bicyclic) bond motifs is 3. The number of hydrogen-bond acceptors (Lipinski definition) is 5. The van der Waals surface area contributed by atoms with Crippen LogP contribution in [0.4, 0.5) is 11.4 Å². The second-order valence-electron chi connectivity index (χ2n) is 9.44. The lowest BCUT2D eigenvalue weighted by atomic mass is 9.78. The molecule has 3 aromatic rings. The molecular weight excluding hydrogens is 536 g/mol. The molecule has 0 aromatic heterocycles. The zero-order valence-corrected chi connectivity index (χ0v) is 22.0. The Bertz CT molecular complexity index is 1490. The van der Waals surface area contributed by atoms with Crippen LogP contribution in [0.15, 0.2) is 77.3 Å². The van der Waals surface area contributed by atoms with Gasteiger partial charge in [-0.25, -0.2) is 0 Å². The van der Waals surface area contributed by atoms with Gasteiger partial charge in [0.05, 0.1) is 18.4 Å². The minimum absolute atomic E-state index is 0.257. The van der Waals surface area contributed by atoms with Gasteiger partial charge in [-0.15, -0.1) is 0 Å². The summed E-state index contributed by atoms with van der Waals surface area (Å²) < 4.78 is 12.4. The zero-order chi connectivity index (χ0) is 26.1. The number of nitrogens with zero attached hydrogens (tertiary/aromatic N) is 2. The molecule has 6 rings (SSSR count). The Morgan fingerprint density at radius 2 is 1.68 bits per heavy atom. The van der Waals surface area contributed by atoms with Crippen molar-refractivity contribution < 1.29 is 23.9 Å². The molecule has 2 amide bonds. The van der Waals surface area contributed by atoms with Crippen molar-refractivity contribution in [3.05, 3.63) is 94.0 Å². The van der Waals surface area contributed by atoms with Gasteiger partial charge in [-0.1, -0.05) is 34.1 Å². The zero-order valence-electron chi connectivity index (χ0n) is 20.4. The Labute approximate surface area is 222 Å². The largest absolute Gasteiger partial charge is 0.497 e. The SMILES string of the molecule is COc1ccc(N2C(=O)C=CC23C(=O)N(c2c(C)cccc2C)C2Oc4ccc(Br)cc4C(=O)C23)cc1. The molecule has 0 saturated carbocycles. The van der Waals surface area contributed by atoms with Gasteiger partial charge < -0.3 is 9.47 Å². The molecule has 1 spiro atoms. The van der Waals surface area contributed by atoms with Crippen LogP contribution in [-0.4, -0.2) is 36.5 Å². The molecule has 8 heteroatoms. The van der Waals surface area contributed by atoms with Gasteiger partial charge >= 0.3 is 0 Å². The van der Waals surface area contributed by atoms with E-state index in [0.717, 1.165) is 15.6 Å². The van der Waals surface area contributed by atoms with Gasteiger partial charge in [0.15, 0.2) is 17.6 Å². The van der Waals surface area contributed by atoms with E-state index in [1.165, 1.54) is 11.0 Å². The van der Waals surface area contributed by atoms with Gasteiger partial charge in [0.1, 0.15) is 17.4 Å². The number of aryl methyl sites for hydroxylation is 2. The van der Waals surface area contributed by atoms with E-state index in [0.29, 0.717) is 28.4 Å². The summed E-state index contributed by atoms with van der Waals surface area (Å²) in [7, 11) is 1.56. The highest BCUT2D eigenvalue weighted by atomic mass is 79.9. The molecule has 1 saturated heterocycles. The Hall–Kier alpha value is -3.91. The number of ketones is 1. The number of carbonyl (C=O) groups excluding carboxylic acids is 3. The highest BCUT2D eigenvalue weighted by Gasteiger charge is 2.69. The highest BCUT2D eigenvalue weighted by Crippen LogP contribution is 2.52. The van der Waals surface area contributed by atoms with Crippen molar-refractivity contribution >= 4 is 44.9 Å². The predicted octanol–water partition coefficient (Wildman–Crippen LogP) is 4.98. The maximum Gasteiger partial charge on any atom is 0.261 e. The molecule has 37 heavy (non-hydrogen) atoms. The molecule has 3 aromatic carbocycles. The minimum atomic E-state index is -1.60. The molecule has 0 radical (unpaired) electrons. The first-order valence-electron chi connectivity index (χ1n) is 11.9. The van der Waals surface area contributed by atoms with Gasteiger partial charge in [-0.05, 0) is 73.5 Å². The number of Topliss-reactive ketones (excluding diaryl/α,β-unsaturated/α-hetero) is 1. The number of benzene rings is 3. The van der Waals surface area contributed by atoms with Crippen LogP contribution in [-0.2, 0) is 9.59 Å². The van der Waals surface area contributed by atoms with Gasteiger partial charge in [-0.2, -0.15) is 0 Å². The smallest absolute Gasteiger partial charge is 0.261 e. The molecule has 1 fully saturated rings. The lowest BCUT2D eigenvalue weighted by Gasteiger charge is -2.38. The molecule has 186 valence electrons. The maximum absolute atomic E-state index is 14.6.